The lowest BCUT2D eigenvalue weighted by Crippen LogP contribution is -2.24. The number of carbonyl (C=O) groups is 1. The summed E-state index contributed by atoms with van der Waals surface area (Å²) in [6.45, 7) is 6.77. The van der Waals surface area contributed by atoms with Crippen LogP contribution >= 0.6 is 0 Å². The molecule has 2 aromatic heterocycles. The van der Waals surface area contributed by atoms with Crippen LogP contribution in [-0.4, -0.2) is 20.9 Å². The molecule has 3 aromatic rings. The summed E-state index contributed by atoms with van der Waals surface area (Å²) in [7, 11) is 0. The van der Waals surface area contributed by atoms with E-state index in [0.29, 0.717) is 24.0 Å². The van der Waals surface area contributed by atoms with Crippen LogP contribution < -0.4 is 10.6 Å². The molecule has 2 N–H and O–H groups in total. The number of amides is 1. The average molecular weight is 361 g/mol. The lowest BCUT2D eigenvalue weighted by atomic mass is 9.98. The van der Waals surface area contributed by atoms with Crippen molar-refractivity contribution in [2.75, 3.05) is 5.32 Å². The van der Waals surface area contributed by atoms with Crippen LogP contribution in [0.5, 0.6) is 0 Å². The van der Waals surface area contributed by atoms with Crippen molar-refractivity contribution in [1.82, 2.24) is 20.3 Å². The fourth-order valence-corrected chi connectivity index (χ4v) is 2.79. The van der Waals surface area contributed by atoms with Crippen LogP contribution in [0.25, 0.3) is 0 Å². The van der Waals surface area contributed by atoms with E-state index < -0.39 is 0 Å². The van der Waals surface area contributed by atoms with Gasteiger partial charge >= 0.3 is 0 Å². The lowest BCUT2D eigenvalue weighted by molar-refractivity contribution is 0.0946. The molecule has 0 radical (unpaired) electrons. The van der Waals surface area contributed by atoms with Gasteiger partial charge in [0.05, 0.1) is 0 Å². The first-order chi connectivity index (χ1) is 13.0. The van der Waals surface area contributed by atoms with Crippen LogP contribution in [0.4, 0.5) is 11.5 Å². The van der Waals surface area contributed by atoms with E-state index in [1.807, 2.05) is 18.2 Å². The second-order valence-electron chi connectivity index (χ2n) is 6.65. The first kappa shape index (κ1) is 18.5. The Morgan fingerprint density at radius 1 is 1.11 bits per heavy atom. The smallest absolute Gasteiger partial charge is 0.270 e. The maximum Gasteiger partial charge on any atom is 0.270 e. The summed E-state index contributed by atoms with van der Waals surface area (Å²) in [5, 5.41) is 6.21. The van der Waals surface area contributed by atoms with E-state index in [9.17, 15) is 4.79 Å². The van der Waals surface area contributed by atoms with E-state index in [0.717, 1.165) is 16.8 Å². The Balaban J connectivity index is 1.75. The maximum absolute atomic E-state index is 12.4. The first-order valence-corrected chi connectivity index (χ1v) is 8.90. The van der Waals surface area contributed by atoms with Crippen molar-refractivity contribution in [3.05, 3.63) is 77.5 Å². The van der Waals surface area contributed by atoms with Crippen LogP contribution in [-0.2, 0) is 6.54 Å². The molecule has 0 aliphatic carbocycles. The molecule has 0 aliphatic rings. The third-order valence-corrected chi connectivity index (χ3v) is 4.28. The number of carbonyl (C=O) groups excluding carboxylic acids is 1. The number of nitrogens with one attached hydrogen (secondary N) is 2. The van der Waals surface area contributed by atoms with Gasteiger partial charge in [0, 0.05) is 30.7 Å². The third kappa shape index (κ3) is 4.67. The molecule has 1 aromatic carbocycles. The normalized spacial score (nSPS) is 10.7. The monoisotopic (exact) mass is 361 g/mol. The molecule has 6 heteroatoms. The van der Waals surface area contributed by atoms with E-state index >= 15 is 0 Å². The zero-order valence-corrected chi connectivity index (χ0v) is 15.7. The number of nitrogens with zero attached hydrogens (tertiary/aromatic N) is 3. The zero-order chi connectivity index (χ0) is 19.2. The Morgan fingerprint density at radius 2 is 1.89 bits per heavy atom. The van der Waals surface area contributed by atoms with E-state index in [4.69, 9.17) is 0 Å². The fourth-order valence-electron chi connectivity index (χ4n) is 2.79. The third-order valence-electron chi connectivity index (χ3n) is 4.28. The van der Waals surface area contributed by atoms with Gasteiger partial charge < -0.3 is 10.6 Å². The van der Waals surface area contributed by atoms with Gasteiger partial charge in [0.15, 0.2) is 0 Å². The number of aromatic nitrogens is 3. The highest BCUT2D eigenvalue weighted by atomic mass is 16.1. The van der Waals surface area contributed by atoms with E-state index in [-0.39, 0.29) is 5.91 Å². The maximum atomic E-state index is 12.4. The standard InChI is InChI=1S/C21H23N5O/c1-14(2)17-6-4-5-15(3)20(17)26-19-11-18(24-13-25-19)21(27)23-12-16-7-9-22-10-8-16/h4-11,13-14H,12H2,1-3H3,(H,23,27)(H,24,25,26). The predicted molar refractivity (Wildman–Crippen MR) is 106 cm³/mol. The molecule has 138 valence electrons. The quantitative estimate of drug-likeness (QED) is 0.694. The minimum absolute atomic E-state index is 0.244. The number of hydrogen-bond donors (Lipinski definition) is 2. The van der Waals surface area contributed by atoms with Crippen LogP contribution in [0.1, 0.15) is 46.9 Å². The molecule has 0 saturated heterocycles. The van der Waals surface area contributed by atoms with E-state index in [1.54, 1.807) is 18.5 Å². The molecular formula is C21H23N5O. The molecule has 27 heavy (non-hydrogen) atoms. The molecule has 0 unspecified atom stereocenters. The number of aryl methyl sites for hydroxylation is 1. The Labute approximate surface area is 159 Å². The fraction of sp³-hybridized carbons (Fsp3) is 0.238. The van der Waals surface area contributed by atoms with Gasteiger partial charge in [-0.1, -0.05) is 32.0 Å². The molecule has 0 atom stereocenters. The molecule has 6 nitrogen and oxygen atoms in total. The van der Waals surface area contributed by atoms with Gasteiger partial charge in [-0.25, -0.2) is 9.97 Å². The van der Waals surface area contributed by atoms with Crippen LogP contribution in [0.2, 0.25) is 0 Å². The molecule has 0 aliphatic heterocycles. The summed E-state index contributed by atoms with van der Waals surface area (Å²) < 4.78 is 0. The van der Waals surface area contributed by atoms with Crippen LogP contribution in [0.3, 0.4) is 0 Å². The number of para-hydroxylation sites is 1. The van der Waals surface area contributed by atoms with Gasteiger partial charge in [0.2, 0.25) is 0 Å². The minimum atomic E-state index is -0.244. The van der Waals surface area contributed by atoms with Crippen LogP contribution in [0.15, 0.2) is 55.1 Å². The highest BCUT2D eigenvalue weighted by Crippen LogP contribution is 2.29. The Hall–Kier alpha value is -3.28. The molecule has 0 bridgehead atoms. The Bertz CT molecular complexity index is 925. The number of anilines is 2. The van der Waals surface area contributed by atoms with Gasteiger partial charge in [-0.05, 0) is 41.7 Å². The summed E-state index contributed by atoms with van der Waals surface area (Å²) in [5.41, 5.74) is 4.66. The van der Waals surface area contributed by atoms with Gasteiger partial charge in [-0.3, -0.25) is 9.78 Å². The first-order valence-electron chi connectivity index (χ1n) is 8.90. The number of hydrogen-bond acceptors (Lipinski definition) is 5. The van der Waals surface area contributed by atoms with Crippen molar-refractivity contribution < 1.29 is 4.79 Å². The van der Waals surface area contributed by atoms with Crippen molar-refractivity contribution in [3.8, 4) is 0 Å². The summed E-state index contributed by atoms with van der Waals surface area (Å²) in [6, 6.07) is 11.6. The number of pyridine rings is 1. The second kappa shape index (κ2) is 8.40. The largest absolute Gasteiger partial charge is 0.347 e. The molecule has 0 spiro atoms. The van der Waals surface area contributed by atoms with Gasteiger partial charge in [-0.15, -0.1) is 0 Å². The van der Waals surface area contributed by atoms with Crippen molar-refractivity contribution >= 4 is 17.4 Å². The van der Waals surface area contributed by atoms with Gasteiger partial charge in [-0.2, -0.15) is 0 Å². The zero-order valence-electron chi connectivity index (χ0n) is 15.7. The SMILES string of the molecule is Cc1cccc(C(C)C)c1Nc1cc(C(=O)NCc2ccncc2)ncn1. The van der Waals surface area contributed by atoms with Crippen molar-refractivity contribution in [3.63, 3.8) is 0 Å². The molecule has 2 heterocycles. The minimum Gasteiger partial charge on any atom is -0.347 e. The molecule has 3 rings (SSSR count). The summed E-state index contributed by atoms with van der Waals surface area (Å²) >= 11 is 0. The number of benzene rings is 1. The Morgan fingerprint density at radius 3 is 2.63 bits per heavy atom. The summed E-state index contributed by atoms with van der Waals surface area (Å²) in [4.78, 5) is 24.8. The average Bonchev–Trinajstić information content (AvgIpc) is 2.68. The number of rotatable bonds is 6. The van der Waals surface area contributed by atoms with Crippen molar-refractivity contribution in [2.45, 2.75) is 33.2 Å². The molecule has 0 saturated carbocycles. The highest BCUT2D eigenvalue weighted by molar-refractivity contribution is 5.93. The van der Waals surface area contributed by atoms with E-state index in [2.05, 4.69) is 58.5 Å². The molecule has 0 fully saturated rings. The molecular weight excluding hydrogens is 338 g/mol. The summed E-state index contributed by atoms with van der Waals surface area (Å²) in [5.74, 6) is 0.721. The lowest BCUT2D eigenvalue weighted by Gasteiger charge is -2.17. The van der Waals surface area contributed by atoms with Crippen LogP contribution in [0, 0.1) is 6.92 Å². The molecule has 1 amide bonds. The van der Waals surface area contributed by atoms with Crippen molar-refractivity contribution in [1.29, 1.82) is 0 Å². The second-order valence-corrected chi connectivity index (χ2v) is 6.65. The highest BCUT2D eigenvalue weighted by Gasteiger charge is 2.12. The van der Waals surface area contributed by atoms with Gasteiger partial charge in [0.1, 0.15) is 17.8 Å². The van der Waals surface area contributed by atoms with Crippen molar-refractivity contribution in [2.24, 2.45) is 0 Å². The Kier molecular flexibility index (Phi) is 5.76. The summed E-state index contributed by atoms with van der Waals surface area (Å²) in [6.07, 6.45) is 4.79. The van der Waals surface area contributed by atoms with Gasteiger partial charge in [0.25, 0.3) is 5.91 Å². The topological polar surface area (TPSA) is 79.8 Å². The van der Waals surface area contributed by atoms with E-state index in [1.165, 1.54) is 11.9 Å². The predicted octanol–water partition coefficient (Wildman–Crippen LogP) is 3.98.